The Morgan fingerprint density at radius 3 is 2.21 bits per heavy atom. The largest absolute Gasteiger partial charge is 0.480 e. The summed E-state index contributed by atoms with van der Waals surface area (Å²) in [4.78, 5) is 67.6. The summed E-state index contributed by atoms with van der Waals surface area (Å²) in [7, 11) is 0. The quantitative estimate of drug-likeness (QED) is 0.143. The molecule has 0 spiro atoms. The van der Waals surface area contributed by atoms with Gasteiger partial charge >= 0.3 is 5.97 Å². The van der Waals surface area contributed by atoms with Crippen LogP contribution in [-0.2, 0) is 30.4 Å². The second-order valence-corrected chi connectivity index (χ2v) is 9.02. The minimum Gasteiger partial charge on any atom is -0.480 e. The molecule has 0 aliphatic heterocycles. The Labute approximate surface area is 201 Å². The van der Waals surface area contributed by atoms with Gasteiger partial charge in [-0.25, -0.2) is 9.78 Å². The number of aliphatic carboxylic acids is 1. The molecule has 0 fully saturated rings. The number of thioether (sulfide) groups is 1. The van der Waals surface area contributed by atoms with Crippen molar-refractivity contribution in [1.82, 2.24) is 25.9 Å². The zero-order valence-corrected chi connectivity index (χ0v) is 20.2. The van der Waals surface area contributed by atoms with Gasteiger partial charge in [0.05, 0.1) is 18.8 Å². The summed E-state index contributed by atoms with van der Waals surface area (Å²) in [6, 6.07) is -4.58. The van der Waals surface area contributed by atoms with Crippen LogP contribution in [0.25, 0.3) is 0 Å². The molecule has 1 heterocycles. The molecule has 0 saturated carbocycles. The minimum absolute atomic E-state index is 0.00146. The molecule has 4 amide bonds. The number of aromatic amines is 1. The highest BCUT2D eigenvalue weighted by Crippen LogP contribution is 2.07. The fraction of sp³-hybridized carbons (Fsp3) is 0.600. The van der Waals surface area contributed by atoms with Crippen LogP contribution in [0.2, 0.25) is 0 Å². The van der Waals surface area contributed by atoms with E-state index in [4.69, 9.17) is 11.5 Å². The summed E-state index contributed by atoms with van der Waals surface area (Å²) < 4.78 is 0. The zero-order valence-electron chi connectivity index (χ0n) is 19.4. The van der Waals surface area contributed by atoms with Crippen LogP contribution in [0.15, 0.2) is 12.5 Å². The highest BCUT2D eigenvalue weighted by Gasteiger charge is 2.31. The number of amides is 4. The Bertz CT molecular complexity index is 848. The maximum atomic E-state index is 13.1. The predicted molar refractivity (Wildman–Crippen MR) is 125 cm³/mol. The molecular weight excluding hydrogens is 466 g/mol. The molecular formula is C20H33N7O6S. The van der Waals surface area contributed by atoms with Crippen molar-refractivity contribution in [3.05, 3.63) is 18.2 Å². The van der Waals surface area contributed by atoms with Gasteiger partial charge in [0.25, 0.3) is 0 Å². The van der Waals surface area contributed by atoms with Gasteiger partial charge in [0.2, 0.25) is 23.6 Å². The number of imidazole rings is 1. The standard InChI is InChI=1S/C20H33N7O6S/c1-10(2)16(20(32)33)27-18(30)13(4-5-34-3)25-19(31)14(6-11-8-23-9-24-11)26-17(29)12(21)7-15(22)28/h8-10,12-14,16H,4-7,21H2,1-3H3,(H2,22,28)(H,23,24)(H,25,31)(H,26,29)(H,27,30)(H,32,33). The topological polar surface area (TPSA) is 222 Å². The van der Waals surface area contributed by atoms with E-state index in [9.17, 15) is 29.1 Å². The second kappa shape index (κ2) is 14.2. The molecule has 0 aliphatic carbocycles. The Hall–Kier alpha value is -3.13. The molecule has 9 N–H and O–H groups in total. The van der Waals surface area contributed by atoms with Crippen LogP contribution >= 0.6 is 11.8 Å². The van der Waals surface area contributed by atoms with Crippen LogP contribution in [-0.4, -0.2) is 80.8 Å². The van der Waals surface area contributed by atoms with E-state index in [1.807, 2.05) is 6.26 Å². The number of hydrogen-bond acceptors (Lipinski definition) is 8. The molecule has 4 atom stereocenters. The van der Waals surface area contributed by atoms with Crippen LogP contribution in [0.1, 0.15) is 32.4 Å². The van der Waals surface area contributed by atoms with Crippen molar-refractivity contribution in [2.45, 2.75) is 57.3 Å². The van der Waals surface area contributed by atoms with Gasteiger partial charge in [0.1, 0.15) is 18.1 Å². The number of carboxylic acids is 1. The number of primary amides is 1. The molecule has 1 aromatic rings. The van der Waals surface area contributed by atoms with Gasteiger partial charge in [0, 0.05) is 18.3 Å². The van der Waals surface area contributed by atoms with E-state index in [2.05, 4.69) is 25.9 Å². The number of nitrogens with two attached hydrogens (primary N) is 2. The SMILES string of the molecule is CSCCC(NC(=O)C(Cc1cnc[nH]1)NC(=O)C(N)CC(N)=O)C(=O)NC(C(=O)O)C(C)C. The summed E-state index contributed by atoms with van der Waals surface area (Å²) in [6.45, 7) is 3.31. The van der Waals surface area contributed by atoms with Gasteiger partial charge in [-0.15, -0.1) is 0 Å². The molecule has 4 unspecified atom stereocenters. The molecule has 34 heavy (non-hydrogen) atoms. The van der Waals surface area contributed by atoms with Gasteiger partial charge in [-0.2, -0.15) is 11.8 Å². The average molecular weight is 500 g/mol. The lowest BCUT2D eigenvalue weighted by molar-refractivity contribution is -0.143. The number of nitrogens with one attached hydrogen (secondary N) is 4. The van der Waals surface area contributed by atoms with E-state index >= 15 is 0 Å². The predicted octanol–water partition coefficient (Wildman–Crippen LogP) is -1.90. The molecule has 0 bridgehead atoms. The number of carbonyl (C=O) groups is 5. The fourth-order valence-electron chi connectivity index (χ4n) is 2.96. The highest BCUT2D eigenvalue weighted by molar-refractivity contribution is 7.98. The first-order valence-electron chi connectivity index (χ1n) is 10.6. The molecule has 13 nitrogen and oxygen atoms in total. The first-order chi connectivity index (χ1) is 16.0. The average Bonchev–Trinajstić information content (AvgIpc) is 3.26. The number of carboxylic acid groups (broad SMARTS) is 1. The molecule has 0 saturated heterocycles. The van der Waals surface area contributed by atoms with Gasteiger partial charge in [-0.3, -0.25) is 19.2 Å². The summed E-state index contributed by atoms with van der Waals surface area (Å²) in [5, 5.41) is 16.9. The number of H-pyrrole nitrogens is 1. The van der Waals surface area contributed by atoms with Crippen molar-refractivity contribution >= 4 is 41.4 Å². The summed E-state index contributed by atoms with van der Waals surface area (Å²) in [5.74, 6) is -3.94. The molecule has 1 aromatic heterocycles. The van der Waals surface area contributed by atoms with E-state index in [1.54, 1.807) is 13.8 Å². The fourth-order valence-corrected chi connectivity index (χ4v) is 3.43. The van der Waals surface area contributed by atoms with Crippen molar-refractivity contribution in [3.63, 3.8) is 0 Å². The number of hydrogen-bond donors (Lipinski definition) is 7. The van der Waals surface area contributed by atoms with Crippen molar-refractivity contribution < 1.29 is 29.1 Å². The van der Waals surface area contributed by atoms with Gasteiger partial charge < -0.3 is 37.5 Å². The second-order valence-electron chi connectivity index (χ2n) is 8.03. The number of aromatic nitrogens is 2. The van der Waals surface area contributed by atoms with Gasteiger partial charge in [-0.05, 0) is 24.3 Å². The first-order valence-corrected chi connectivity index (χ1v) is 12.0. The number of nitrogens with zero attached hydrogens (tertiary/aromatic N) is 1. The Kier molecular flexibility index (Phi) is 12.1. The molecule has 190 valence electrons. The third-order valence-corrected chi connectivity index (χ3v) is 5.49. The van der Waals surface area contributed by atoms with Crippen LogP contribution in [0.4, 0.5) is 0 Å². The van der Waals surface area contributed by atoms with E-state index in [0.717, 1.165) is 0 Å². The monoisotopic (exact) mass is 499 g/mol. The van der Waals surface area contributed by atoms with E-state index in [1.165, 1.54) is 24.3 Å². The van der Waals surface area contributed by atoms with Gasteiger partial charge in [0.15, 0.2) is 0 Å². The third-order valence-electron chi connectivity index (χ3n) is 4.84. The first kappa shape index (κ1) is 28.9. The van der Waals surface area contributed by atoms with Crippen molar-refractivity contribution in [2.75, 3.05) is 12.0 Å². The molecule has 1 rings (SSSR count). The normalized spacial score (nSPS) is 14.5. The summed E-state index contributed by atoms with van der Waals surface area (Å²) >= 11 is 1.45. The molecule has 0 aromatic carbocycles. The lowest BCUT2D eigenvalue weighted by atomic mass is 10.0. The lowest BCUT2D eigenvalue weighted by Crippen LogP contribution is -2.58. The minimum atomic E-state index is -1.26. The van der Waals surface area contributed by atoms with Gasteiger partial charge in [-0.1, -0.05) is 13.8 Å². The van der Waals surface area contributed by atoms with E-state index in [-0.39, 0.29) is 18.8 Å². The maximum Gasteiger partial charge on any atom is 0.326 e. The van der Waals surface area contributed by atoms with Crippen LogP contribution < -0.4 is 27.4 Å². The zero-order chi connectivity index (χ0) is 25.8. The summed E-state index contributed by atoms with van der Waals surface area (Å²) in [5.41, 5.74) is 11.3. The smallest absolute Gasteiger partial charge is 0.326 e. The lowest BCUT2D eigenvalue weighted by Gasteiger charge is -2.25. The maximum absolute atomic E-state index is 13.1. The van der Waals surface area contributed by atoms with Crippen LogP contribution in [0.5, 0.6) is 0 Å². The molecule has 0 aliphatic rings. The van der Waals surface area contributed by atoms with Crippen LogP contribution in [0, 0.1) is 5.92 Å². The van der Waals surface area contributed by atoms with Crippen LogP contribution in [0.3, 0.4) is 0 Å². The third kappa shape index (κ3) is 9.79. The highest BCUT2D eigenvalue weighted by atomic mass is 32.2. The Balaban J connectivity index is 3.03. The van der Waals surface area contributed by atoms with Crippen molar-refractivity contribution in [2.24, 2.45) is 17.4 Å². The summed E-state index contributed by atoms with van der Waals surface area (Å²) in [6.07, 6.45) is 4.52. The molecule has 14 heteroatoms. The molecule has 0 radical (unpaired) electrons. The van der Waals surface area contributed by atoms with Crippen molar-refractivity contribution in [1.29, 1.82) is 0 Å². The number of carbonyl (C=O) groups excluding carboxylic acids is 4. The Morgan fingerprint density at radius 1 is 1.09 bits per heavy atom. The van der Waals surface area contributed by atoms with E-state index in [0.29, 0.717) is 11.4 Å². The van der Waals surface area contributed by atoms with Crippen molar-refractivity contribution in [3.8, 4) is 0 Å². The van der Waals surface area contributed by atoms with E-state index < -0.39 is 60.2 Å². The Morgan fingerprint density at radius 2 is 1.71 bits per heavy atom. The number of rotatable bonds is 15.